The molecule has 0 amide bonds. The lowest BCUT2D eigenvalue weighted by Crippen LogP contribution is -2.60. The zero-order chi connectivity index (χ0) is 13.2. The maximum Gasteiger partial charge on any atom is 0.0987 e. The van der Waals surface area contributed by atoms with Gasteiger partial charge in [-0.05, 0) is 44.1 Å². The second-order valence-electron chi connectivity index (χ2n) is 6.64. The molecule has 106 valence electrons. The number of hydrogen-bond acceptors (Lipinski definition) is 3. The van der Waals surface area contributed by atoms with E-state index in [2.05, 4.69) is 26.1 Å². The van der Waals surface area contributed by atoms with Crippen LogP contribution < -0.4 is 5.32 Å². The lowest BCUT2D eigenvalue weighted by molar-refractivity contribution is -0.165. The summed E-state index contributed by atoms with van der Waals surface area (Å²) >= 11 is 0. The van der Waals surface area contributed by atoms with Gasteiger partial charge in [0.1, 0.15) is 0 Å². The van der Waals surface area contributed by atoms with Crippen molar-refractivity contribution >= 4 is 0 Å². The molecule has 3 atom stereocenters. The molecule has 2 fully saturated rings. The molecule has 0 aliphatic heterocycles. The van der Waals surface area contributed by atoms with Gasteiger partial charge in [-0.25, -0.2) is 0 Å². The fraction of sp³-hybridized carbons (Fsp3) is 1.00. The molecule has 2 saturated carbocycles. The van der Waals surface area contributed by atoms with Crippen LogP contribution in [0.5, 0.6) is 0 Å². The predicted molar refractivity (Wildman–Crippen MR) is 73.8 cm³/mol. The molecular formula is C15H29NO2. The second-order valence-corrected chi connectivity index (χ2v) is 6.64. The number of hydrogen-bond donors (Lipinski definition) is 1. The third kappa shape index (κ3) is 3.25. The largest absolute Gasteiger partial charge is 0.377 e. The summed E-state index contributed by atoms with van der Waals surface area (Å²) < 4.78 is 11.8. The molecule has 2 rings (SSSR count). The quantitative estimate of drug-likeness (QED) is 0.819. The molecule has 0 aromatic carbocycles. The molecule has 0 aromatic rings. The van der Waals surface area contributed by atoms with Crippen LogP contribution >= 0.6 is 0 Å². The first-order valence-corrected chi connectivity index (χ1v) is 7.47. The fourth-order valence-electron chi connectivity index (χ4n) is 3.25. The summed E-state index contributed by atoms with van der Waals surface area (Å²) in [7, 11) is 1.80. The normalized spacial score (nSPS) is 36.3. The van der Waals surface area contributed by atoms with E-state index in [0.29, 0.717) is 23.7 Å². The van der Waals surface area contributed by atoms with Crippen molar-refractivity contribution < 1.29 is 9.47 Å². The summed E-state index contributed by atoms with van der Waals surface area (Å²) in [5.41, 5.74) is 0.520. The van der Waals surface area contributed by atoms with Crippen molar-refractivity contribution in [2.45, 2.75) is 77.2 Å². The molecule has 18 heavy (non-hydrogen) atoms. The summed E-state index contributed by atoms with van der Waals surface area (Å²) in [5, 5.41) is 3.46. The van der Waals surface area contributed by atoms with Gasteiger partial charge >= 0.3 is 0 Å². The standard InChI is InChI=1S/C15H29NO2/c1-5-16-12-10-13(14(12)17-4)18-11-6-8-15(2,3)9-7-11/h11-14,16H,5-10H2,1-4H3. The Morgan fingerprint density at radius 2 is 1.89 bits per heavy atom. The molecule has 0 saturated heterocycles. The Balaban J connectivity index is 1.74. The minimum absolute atomic E-state index is 0.250. The van der Waals surface area contributed by atoms with Crippen LogP contribution in [0.3, 0.4) is 0 Å². The van der Waals surface area contributed by atoms with Crippen molar-refractivity contribution in [2.75, 3.05) is 13.7 Å². The SMILES string of the molecule is CCNC1CC(OC2CCC(C)(C)CC2)C1OC. The van der Waals surface area contributed by atoms with Crippen molar-refractivity contribution in [1.82, 2.24) is 5.32 Å². The van der Waals surface area contributed by atoms with E-state index in [9.17, 15) is 0 Å². The third-order valence-electron chi connectivity index (χ3n) is 4.64. The predicted octanol–water partition coefficient (Wildman–Crippen LogP) is 2.74. The Bertz CT molecular complexity index is 257. The molecule has 2 aliphatic rings. The van der Waals surface area contributed by atoms with Crippen LogP contribution in [0.25, 0.3) is 0 Å². The summed E-state index contributed by atoms with van der Waals surface area (Å²) in [6.07, 6.45) is 7.13. The molecule has 3 nitrogen and oxygen atoms in total. The van der Waals surface area contributed by atoms with Crippen LogP contribution in [0.15, 0.2) is 0 Å². The van der Waals surface area contributed by atoms with Gasteiger partial charge in [0.25, 0.3) is 0 Å². The minimum Gasteiger partial charge on any atom is -0.377 e. The number of likely N-dealkylation sites (N-methyl/N-ethyl adjacent to an activating group) is 1. The minimum atomic E-state index is 0.250. The average Bonchev–Trinajstić information content (AvgIpc) is 2.30. The van der Waals surface area contributed by atoms with Crippen LogP contribution in [0.1, 0.15) is 52.9 Å². The van der Waals surface area contributed by atoms with Crippen molar-refractivity contribution in [3.63, 3.8) is 0 Å². The van der Waals surface area contributed by atoms with Gasteiger partial charge in [-0.3, -0.25) is 0 Å². The van der Waals surface area contributed by atoms with E-state index in [-0.39, 0.29) is 6.10 Å². The summed E-state index contributed by atoms with van der Waals surface area (Å²) in [4.78, 5) is 0. The van der Waals surface area contributed by atoms with E-state index in [1.165, 1.54) is 25.7 Å². The molecule has 0 bridgehead atoms. The first-order valence-electron chi connectivity index (χ1n) is 7.47. The molecule has 0 heterocycles. The lowest BCUT2D eigenvalue weighted by atomic mass is 9.76. The molecule has 0 aromatic heterocycles. The maximum absolute atomic E-state index is 6.24. The van der Waals surface area contributed by atoms with E-state index in [1.54, 1.807) is 7.11 Å². The monoisotopic (exact) mass is 255 g/mol. The van der Waals surface area contributed by atoms with Gasteiger partial charge in [0.15, 0.2) is 0 Å². The third-order valence-corrected chi connectivity index (χ3v) is 4.64. The van der Waals surface area contributed by atoms with Crippen molar-refractivity contribution in [3.05, 3.63) is 0 Å². The van der Waals surface area contributed by atoms with Crippen LogP contribution in [0.4, 0.5) is 0 Å². The summed E-state index contributed by atoms with van der Waals surface area (Å²) in [5.74, 6) is 0. The van der Waals surface area contributed by atoms with E-state index >= 15 is 0 Å². The lowest BCUT2D eigenvalue weighted by Gasteiger charge is -2.46. The Morgan fingerprint density at radius 3 is 2.44 bits per heavy atom. The van der Waals surface area contributed by atoms with Gasteiger partial charge < -0.3 is 14.8 Å². The Labute approximate surface area is 112 Å². The van der Waals surface area contributed by atoms with Gasteiger partial charge in [-0.1, -0.05) is 20.8 Å². The second kappa shape index (κ2) is 5.89. The molecular weight excluding hydrogens is 226 g/mol. The zero-order valence-corrected chi connectivity index (χ0v) is 12.4. The Morgan fingerprint density at radius 1 is 1.22 bits per heavy atom. The highest BCUT2D eigenvalue weighted by atomic mass is 16.5. The van der Waals surface area contributed by atoms with E-state index in [0.717, 1.165) is 13.0 Å². The first-order chi connectivity index (χ1) is 8.55. The summed E-state index contributed by atoms with van der Waals surface area (Å²) in [6, 6.07) is 0.491. The van der Waals surface area contributed by atoms with Gasteiger partial charge in [-0.15, -0.1) is 0 Å². The average molecular weight is 255 g/mol. The Kier molecular flexibility index (Phi) is 4.68. The first kappa shape index (κ1) is 14.3. The topological polar surface area (TPSA) is 30.5 Å². The van der Waals surface area contributed by atoms with Gasteiger partial charge in [0.2, 0.25) is 0 Å². The number of methoxy groups -OCH3 is 1. The molecule has 0 radical (unpaired) electrons. The van der Waals surface area contributed by atoms with Crippen molar-refractivity contribution in [2.24, 2.45) is 5.41 Å². The summed E-state index contributed by atoms with van der Waals surface area (Å²) in [6.45, 7) is 7.89. The highest BCUT2D eigenvalue weighted by molar-refractivity contribution is 4.97. The highest BCUT2D eigenvalue weighted by Gasteiger charge is 2.43. The highest BCUT2D eigenvalue weighted by Crippen LogP contribution is 2.38. The molecule has 1 N–H and O–H groups in total. The van der Waals surface area contributed by atoms with Gasteiger partial charge in [0, 0.05) is 13.2 Å². The molecule has 0 spiro atoms. The van der Waals surface area contributed by atoms with Crippen LogP contribution in [0.2, 0.25) is 0 Å². The van der Waals surface area contributed by atoms with Crippen molar-refractivity contribution in [1.29, 1.82) is 0 Å². The van der Waals surface area contributed by atoms with E-state index in [4.69, 9.17) is 9.47 Å². The van der Waals surface area contributed by atoms with Gasteiger partial charge in [0.05, 0.1) is 18.3 Å². The maximum atomic E-state index is 6.24. The zero-order valence-electron chi connectivity index (χ0n) is 12.4. The van der Waals surface area contributed by atoms with Gasteiger partial charge in [-0.2, -0.15) is 0 Å². The van der Waals surface area contributed by atoms with Crippen LogP contribution in [-0.2, 0) is 9.47 Å². The fourth-order valence-corrected chi connectivity index (χ4v) is 3.25. The number of nitrogens with one attached hydrogen (secondary N) is 1. The van der Waals surface area contributed by atoms with E-state index in [1.807, 2.05) is 0 Å². The van der Waals surface area contributed by atoms with Crippen LogP contribution in [-0.4, -0.2) is 38.0 Å². The molecule has 2 aliphatic carbocycles. The van der Waals surface area contributed by atoms with E-state index < -0.39 is 0 Å². The molecule has 3 unspecified atom stereocenters. The number of ether oxygens (including phenoxy) is 2. The molecule has 3 heteroatoms. The smallest absolute Gasteiger partial charge is 0.0987 e. The van der Waals surface area contributed by atoms with Crippen molar-refractivity contribution in [3.8, 4) is 0 Å². The van der Waals surface area contributed by atoms with Crippen LogP contribution in [0, 0.1) is 5.41 Å². The Hall–Kier alpha value is -0.120. The number of rotatable bonds is 5.